The second-order valence-corrected chi connectivity index (χ2v) is 9.08. The van der Waals surface area contributed by atoms with Gasteiger partial charge in [0.1, 0.15) is 6.54 Å². The third kappa shape index (κ3) is 6.93. The van der Waals surface area contributed by atoms with E-state index >= 15 is 0 Å². The number of amides is 2. The molecule has 6 nitrogen and oxygen atoms in total. The Morgan fingerprint density at radius 2 is 1.59 bits per heavy atom. The normalized spacial score (nSPS) is 18.9. The van der Waals surface area contributed by atoms with Crippen molar-refractivity contribution in [1.82, 2.24) is 14.7 Å². The molecule has 0 spiro atoms. The van der Waals surface area contributed by atoms with E-state index in [9.17, 15) is 22.8 Å². The van der Waals surface area contributed by atoms with E-state index in [1.165, 1.54) is 0 Å². The van der Waals surface area contributed by atoms with Crippen molar-refractivity contribution in [3.63, 3.8) is 0 Å². The van der Waals surface area contributed by atoms with Crippen LogP contribution in [0.3, 0.4) is 0 Å². The number of nitrogens with one attached hydrogen (secondary N) is 1. The number of para-hydroxylation sites is 1. The van der Waals surface area contributed by atoms with Gasteiger partial charge in [0, 0.05) is 37.9 Å². The van der Waals surface area contributed by atoms with E-state index in [1.807, 2.05) is 41.8 Å². The maximum absolute atomic E-state index is 13.0. The standard InChI is InChI=1S/C23H33F3N4O2/c1-16-5-4-6-17(2)22(16)27-20(31)13-28-9-11-29(12-10-28)14-21(32)30(15-23(24,25)26)18(3)19-7-8-19/h4-6,18-19H,7-15H2,1-3H3,(H,27,31)/t18-/m0/s1. The van der Waals surface area contributed by atoms with Crippen LogP contribution in [-0.4, -0.2) is 84.5 Å². The van der Waals surface area contributed by atoms with Crippen LogP contribution in [0.5, 0.6) is 0 Å². The third-order valence-electron chi connectivity index (χ3n) is 6.40. The number of hydrogen-bond acceptors (Lipinski definition) is 4. The van der Waals surface area contributed by atoms with Gasteiger partial charge in [-0.3, -0.25) is 19.4 Å². The molecule has 1 aliphatic heterocycles. The fraction of sp³-hybridized carbons (Fsp3) is 0.652. The lowest BCUT2D eigenvalue weighted by Crippen LogP contribution is -2.53. The molecule has 2 aliphatic rings. The molecular formula is C23H33F3N4O2. The molecule has 0 aromatic heterocycles. The molecule has 3 rings (SSSR count). The van der Waals surface area contributed by atoms with E-state index in [0.29, 0.717) is 26.2 Å². The highest BCUT2D eigenvalue weighted by atomic mass is 19.4. The lowest BCUT2D eigenvalue weighted by atomic mass is 10.1. The van der Waals surface area contributed by atoms with Gasteiger partial charge in [-0.05, 0) is 50.7 Å². The van der Waals surface area contributed by atoms with Crippen molar-refractivity contribution in [2.24, 2.45) is 5.92 Å². The summed E-state index contributed by atoms with van der Waals surface area (Å²) in [5.41, 5.74) is 2.84. The molecule has 0 bridgehead atoms. The molecule has 1 aromatic carbocycles. The van der Waals surface area contributed by atoms with Crippen molar-refractivity contribution in [2.75, 3.05) is 51.1 Å². The minimum Gasteiger partial charge on any atom is -0.329 e. The summed E-state index contributed by atoms with van der Waals surface area (Å²) in [5, 5.41) is 2.97. The number of nitrogens with zero attached hydrogens (tertiary/aromatic N) is 3. The summed E-state index contributed by atoms with van der Waals surface area (Å²) >= 11 is 0. The van der Waals surface area contributed by atoms with Gasteiger partial charge in [-0.2, -0.15) is 13.2 Å². The van der Waals surface area contributed by atoms with Crippen molar-refractivity contribution in [3.8, 4) is 0 Å². The maximum Gasteiger partial charge on any atom is 0.406 e. The highest BCUT2D eigenvalue weighted by molar-refractivity contribution is 5.93. The fourth-order valence-corrected chi connectivity index (χ4v) is 4.27. The average Bonchev–Trinajstić information content (AvgIpc) is 3.55. The SMILES string of the molecule is Cc1cccc(C)c1NC(=O)CN1CCN(CC(=O)N(CC(F)(F)F)[C@@H](C)C2CC2)CC1. The molecule has 1 saturated carbocycles. The smallest absolute Gasteiger partial charge is 0.329 e. The Morgan fingerprint density at radius 1 is 1.06 bits per heavy atom. The molecule has 9 heteroatoms. The van der Waals surface area contributed by atoms with Crippen molar-refractivity contribution >= 4 is 17.5 Å². The van der Waals surface area contributed by atoms with Crippen LogP contribution < -0.4 is 5.32 Å². The molecular weight excluding hydrogens is 421 g/mol. The van der Waals surface area contributed by atoms with Gasteiger partial charge in [0.05, 0.1) is 13.1 Å². The second kappa shape index (κ2) is 10.2. The van der Waals surface area contributed by atoms with E-state index in [-0.39, 0.29) is 31.0 Å². The number of rotatable bonds is 8. The molecule has 1 saturated heterocycles. The first-order chi connectivity index (χ1) is 15.0. The van der Waals surface area contributed by atoms with E-state index in [1.54, 1.807) is 6.92 Å². The zero-order valence-corrected chi connectivity index (χ0v) is 19.0. The molecule has 1 N–H and O–H groups in total. The van der Waals surface area contributed by atoms with E-state index < -0.39 is 18.6 Å². The highest BCUT2D eigenvalue weighted by Gasteiger charge is 2.40. The van der Waals surface area contributed by atoms with Gasteiger partial charge in [0.2, 0.25) is 11.8 Å². The summed E-state index contributed by atoms with van der Waals surface area (Å²) in [5.74, 6) is -0.391. The number of halogens is 3. The summed E-state index contributed by atoms with van der Waals surface area (Å²) in [6.07, 6.45) is -2.64. The van der Waals surface area contributed by atoms with Gasteiger partial charge in [-0.25, -0.2) is 0 Å². The molecule has 2 amide bonds. The Kier molecular flexibility index (Phi) is 7.82. The Labute approximate surface area is 187 Å². The van der Waals surface area contributed by atoms with Gasteiger partial charge in [0.15, 0.2) is 0 Å². The average molecular weight is 455 g/mol. The number of carbonyl (C=O) groups excluding carboxylic acids is 2. The molecule has 0 unspecified atom stereocenters. The van der Waals surface area contributed by atoms with E-state index in [2.05, 4.69) is 5.32 Å². The first-order valence-corrected chi connectivity index (χ1v) is 11.2. The van der Waals surface area contributed by atoms with Crippen molar-refractivity contribution in [1.29, 1.82) is 0 Å². The number of aryl methyl sites for hydroxylation is 2. The van der Waals surface area contributed by atoms with Gasteiger partial charge in [-0.1, -0.05) is 18.2 Å². The quantitative estimate of drug-likeness (QED) is 0.656. The van der Waals surface area contributed by atoms with Gasteiger partial charge in [-0.15, -0.1) is 0 Å². The largest absolute Gasteiger partial charge is 0.406 e. The zero-order chi connectivity index (χ0) is 23.5. The Bertz CT molecular complexity index is 798. The van der Waals surface area contributed by atoms with Crippen LogP contribution >= 0.6 is 0 Å². The van der Waals surface area contributed by atoms with Crippen molar-refractivity contribution < 1.29 is 22.8 Å². The summed E-state index contributed by atoms with van der Waals surface area (Å²) in [6, 6.07) is 5.45. The van der Waals surface area contributed by atoms with Crippen LogP contribution in [0.1, 0.15) is 30.9 Å². The first-order valence-electron chi connectivity index (χ1n) is 11.2. The van der Waals surface area contributed by atoms with E-state index in [0.717, 1.165) is 34.6 Å². The van der Waals surface area contributed by atoms with Crippen LogP contribution in [0.4, 0.5) is 18.9 Å². The highest BCUT2D eigenvalue weighted by Crippen LogP contribution is 2.36. The van der Waals surface area contributed by atoms with Crippen molar-refractivity contribution in [3.05, 3.63) is 29.3 Å². The molecule has 0 radical (unpaired) electrons. The summed E-state index contributed by atoms with van der Waals surface area (Å²) < 4.78 is 39.0. The predicted octanol–water partition coefficient (Wildman–Crippen LogP) is 3.05. The van der Waals surface area contributed by atoms with Crippen LogP contribution in [-0.2, 0) is 9.59 Å². The Hall–Kier alpha value is -2.13. The van der Waals surface area contributed by atoms with Crippen molar-refractivity contribution in [2.45, 2.75) is 45.8 Å². The molecule has 1 heterocycles. The molecule has 1 aromatic rings. The Morgan fingerprint density at radius 3 is 2.09 bits per heavy atom. The molecule has 1 aliphatic carbocycles. The molecule has 1 atom stereocenters. The minimum absolute atomic E-state index is 0.0183. The monoisotopic (exact) mass is 454 g/mol. The molecule has 2 fully saturated rings. The lowest BCUT2D eigenvalue weighted by Gasteiger charge is -2.36. The van der Waals surface area contributed by atoms with Crippen LogP contribution in [0.2, 0.25) is 0 Å². The van der Waals surface area contributed by atoms with Crippen LogP contribution in [0, 0.1) is 19.8 Å². The molecule has 32 heavy (non-hydrogen) atoms. The van der Waals surface area contributed by atoms with E-state index in [4.69, 9.17) is 0 Å². The predicted molar refractivity (Wildman–Crippen MR) is 117 cm³/mol. The first kappa shape index (κ1) is 24.5. The summed E-state index contributed by atoms with van der Waals surface area (Å²) in [7, 11) is 0. The minimum atomic E-state index is -4.40. The summed E-state index contributed by atoms with van der Waals surface area (Å²) in [4.78, 5) is 30.1. The number of carbonyl (C=O) groups is 2. The second-order valence-electron chi connectivity index (χ2n) is 9.08. The Balaban J connectivity index is 1.47. The van der Waals surface area contributed by atoms with Gasteiger partial charge >= 0.3 is 6.18 Å². The fourth-order valence-electron chi connectivity index (χ4n) is 4.27. The number of alkyl halides is 3. The van der Waals surface area contributed by atoms with Crippen LogP contribution in [0.15, 0.2) is 18.2 Å². The van der Waals surface area contributed by atoms with Crippen LogP contribution in [0.25, 0.3) is 0 Å². The zero-order valence-electron chi connectivity index (χ0n) is 19.0. The summed E-state index contributed by atoms with van der Waals surface area (Å²) in [6.45, 7) is 6.91. The number of piperazine rings is 1. The number of anilines is 1. The third-order valence-corrected chi connectivity index (χ3v) is 6.40. The van der Waals surface area contributed by atoms with Gasteiger partial charge in [0.25, 0.3) is 0 Å². The molecule has 178 valence electrons. The number of hydrogen-bond donors (Lipinski definition) is 1. The maximum atomic E-state index is 13.0. The topological polar surface area (TPSA) is 55.9 Å². The lowest BCUT2D eigenvalue weighted by molar-refractivity contribution is -0.166. The number of benzene rings is 1. The van der Waals surface area contributed by atoms with Gasteiger partial charge < -0.3 is 10.2 Å².